The van der Waals surface area contributed by atoms with E-state index in [4.69, 9.17) is 0 Å². The predicted molar refractivity (Wildman–Crippen MR) is 93.9 cm³/mol. The first-order valence-corrected chi connectivity index (χ1v) is 9.25. The molecular formula is C16H20N6O2S. The molecule has 3 amide bonds. The third-order valence-electron chi connectivity index (χ3n) is 3.94. The summed E-state index contributed by atoms with van der Waals surface area (Å²) in [6.45, 7) is 0. The summed E-state index contributed by atoms with van der Waals surface area (Å²) in [4.78, 5) is 32.0. The van der Waals surface area contributed by atoms with E-state index in [9.17, 15) is 9.59 Å². The number of carbonyl (C=O) groups excluding carboxylic acids is 2. The van der Waals surface area contributed by atoms with Gasteiger partial charge in [0.25, 0.3) is 0 Å². The minimum absolute atomic E-state index is 0.0751. The van der Waals surface area contributed by atoms with Gasteiger partial charge in [0.05, 0.1) is 5.75 Å². The molecule has 2 aromatic rings. The zero-order chi connectivity index (χ0) is 17.5. The third-order valence-corrected chi connectivity index (χ3v) is 4.79. The van der Waals surface area contributed by atoms with Gasteiger partial charge in [0, 0.05) is 24.0 Å². The Morgan fingerprint density at radius 3 is 2.72 bits per heavy atom. The van der Waals surface area contributed by atoms with Crippen molar-refractivity contribution in [3.8, 4) is 11.4 Å². The summed E-state index contributed by atoms with van der Waals surface area (Å²) in [6, 6.07) is 3.38. The molecule has 0 aliphatic heterocycles. The topological polar surface area (TPSA) is 113 Å². The Kier molecular flexibility index (Phi) is 5.99. The number of thioether (sulfide) groups is 1. The van der Waals surface area contributed by atoms with Crippen LogP contribution in [0.2, 0.25) is 0 Å². The molecule has 0 saturated heterocycles. The molecule has 132 valence electrons. The molecule has 1 saturated carbocycles. The fraction of sp³-hybridized carbons (Fsp3) is 0.438. The van der Waals surface area contributed by atoms with Gasteiger partial charge in [-0.25, -0.2) is 9.78 Å². The van der Waals surface area contributed by atoms with Gasteiger partial charge >= 0.3 is 6.03 Å². The van der Waals surface area contributed by atoms with Crippen molar-refractivity contribution in [2.24, 2.45) is 0 Å². The van der Waals surface area contributed by atoms with Crippen molar-refractivity contribution in [3.05, 3.63) is 24.5 Å². The first-order chi connectivity index (χ1) is 12.2. The Morgan fingerprint density at radius 1 is 1.20 bits per heavy atom. The summed E-state index contributed by atoms with van der Waals surface area (Å²) in [5, 5.41) is 12.5. The summed E-state index contributed by atoms with van der Waals surface area (Å²) < 4.78 is 0. The van der Waals surface area contributed by atoms with Crippen molar-refractivity contribution >= 4 is 23.7 Å². The number of urea groups is 1. The maximum Gasteiger partial charge on any atom is 0.321 e. The van der Waals surface area contributed by atoms with E-state index in [1.54, 1.807) is 12.4 Å². The average Bonchev–Trinajstić information content (AvgIpc) is 3.10. The normalized spacial score (nSPS) is 14.9. The van der Waals surface area contributed by atoms with Crippen LogP contribution < -0.4 is 10.6 Å². The van der Waals surface area contributed by atoms with E-state index in [-0.39, 0.29) is 17.7 Å². The maximum atomic E-state index is 11.9. The second-order valence-electron chi connectivity index (χ2n) is 5.85. The molecule has 0 unspecified atom stereocenters. The number of hydrogen-bond acceptors (Lipinski definition) is 6. The van der Waals surface area contributed by atoms with E-state index in [0.717, 1.165) is 31.2 Å². The summed E-state index contributed by atoms with van der Waals surface area (Å²) >= 11 is 1.17. The molecule has 3 rings (SSSR count). The predicted octanol–water partition coefficient (Wildman–Crippen LogP) is 2.12. The van der Waals surface area contributed by atoms with Crippen molar-refractivity contribution < 1.29 is 9.59 Å². The van der Waals surface area contributed by atoms with Gasteiger partial charge in [-0.2, -0.15) is 0 Å². The van der Waals surface area contributed by atoms with Crippen molar-refractivity contribution in [1.82, 2.24) is 30.8 Å². The number of hydrogen-bond donors (Lipinski definition) is 3. The lowest BCUT2D eigenvalue weighted by molar-refractivity contribution is -0.117. The highest BCUT2D eigenvalue weighted by Crippen LogP contribution is 2.18. The minimum atomic E-state index is -0.426. The molecule has 0 aromatic carbocycles. The highest BCUT2D eigenvalue weighted by molar-refractivity contribution is 7.99. The van der Waals surface area contributed by atoms with Crippen LogP contribution in [0.3, 0.4) is 0 Å². The van der Waals surface area contributed by atoms with Crippen LogP contribution in [0.5, 0.6) is 0 Å². The quantitative estimate of drug-likeness (QED) is 0.704. The number of aromatic nitrogens is 4. The monoisotopic (exact) mass is 360 g/mol. The molecule has 9 heteroatoms. The second-order valence-corrected chi connectivity index (χ2v) is 6.79. The molecule has 1 aliphatic carbocycles. The molecule has 0 bridgehead atoms. The van der Waals surface area contributed by atoms with Gasteiger partial charge in [-0.15, -0.1) is 5.10 Å². The Balaban J connectivity index is 1.43. The highest BCUT2D eigenvalue weighted by atomic mass is 32.2. The number of nitrogens with one attached hydrogen (secondary N) is 3. The first-order valence-electron chi connectivity index (χ1n) is 8.26. The number of rotatable bonds is 5. The first kappa shape index (κ1) is 17.4. The van der Waals surface area contributed by atoms with Gasteiger partial charge in [0.15, 0.2) is 5.82 Å². The van der Waals surface area contributed by atoms with Crippen molar-refractivity contribution in [2.75, 3.05) is 5.75 Å². The van der Waals surface area contributed by atoms with Crippen LogP contribution in [0.1, 0.15) is 32.1 Å². The van der Waals surface area contributed by atoms with E-state index in [1.165, 1.54) is 18.2 Å². The standard InChI is InChI=1S/C16H20N6O2S/c23-13(19-15(24)18-12-4-2-1-3-5-12)10-25-16-20-14(21-22-16)11-6-8-17-9-7-11/h6-9,12H,1-5,10H2,(H,20,21,22)(H2,18,19,23,24). The SMILES string of the molecule is O=C(CSc1n[nH]c(-c2ccncc2)n1)NC(=O)NC1CCCCC1. The molecule has 3 N–H and O–H groups in total. The van der Waals surface area contributed by atoms with Crippen LogP contribution in [0.15, 0.2) is 29.7 Å². The van der Waals surface area contributed by atoms with Gasteiger partial charge in [0.2, 0.25) is 11.1 Å². The highest BCUT2D eigenvalue weighted by Gasteiger charge is 2.17. The molecule has 25 heavy (non-hydrogen) atoms. The summed E-state index contributed by atoms with van der Waals surface area (Å²) in [6.07, 6.45) is 8.76. The zero-order valence-electron chi connectivity index (χ0n) is 13.7. The number of imide groups is 1. The van der Waals surface area contributed by atoms with Crippen LogP contribution in [-0.2, 0) is 4.79 Å². The van der Waals surface area contributed by atoms with Gasteiger partial charge < -0.3 is 5.32 Å². The van der Waals surface area contributed by atoms with Crippen LogP contribution in [0, 0.1) is 0 Å². The smallest absolute Gasteiger partial charge is 0.321 e. The number of pyridine rings is 1. The van der Waals surface area contributed by atoms with Gasteiger partial charge in [-0.05, 0) is 25.0 Å². The lowest BCUT2D eigenvalue weighted by atomic mass is 9.96. The van der Waals surface area contributed by atoms with Crippen LogP contribution in [-0.4, -0.2) is 43.9 Å². The molecular weight excluding hydrogens is 340 g/mol. The van der Waals surface area contributed by atoms with Crippen molar-refractivity contribution in [1.29, 1.82) is 0 Å². The van der Waals surface area contributed by atoms with E-state index in [1.807, 2.05) is 12.1 Å². The van der Waals surface area contributed by atoms with Crippen molar-refractivity contribution in [2.45, 2.75) is 43.3 Å². The Hall–Kier alpha value is -2.42. The average molecular weight is 360 g/mol. The Labute approximate surface area is 149 Å². The van der Waals surface area contributed by atoms with Crippen LogP contribution in [0.4, 0.5) is 4.79 Å². The van der Waals surface area contributed by atoms with E-state index >= 15 is 0 Å². The minimum Gasteiger partial charge on any atom is -0.335 e. The maximum absolute atomic E-state index is 11.9. The zero-order valence-corrected chi connectivity index (χ0v) is 14.5. The largest absolute Gasteiger partial charge is 0.335 e. The van der Waals surface area contributed by atoms with Crippen LogP contribution >= 0.6 is 11.8 Å². The molecule has 0 spiro atoms. The summed E-state index contributed by atoms with van der Waals surface area (Å²) in [5.41, 5.74) is 0.866. The number of carbonyl (C=O) groups is 2. The lowest BCUT2D eigenvalue weighted by Gasteiger charge is -2.22. The number of amides is 3. The van der Waals surface area contributed by atoms with E-state index < -0.39 is 6.03 Å². The van der Waals surface area contributed by atoms with E-state index in [0.29, 0.717) is 11.0 Å². The molecule has 2 heterocycles. The number of nitrogens with zero attached hydrogens (tertiary/aromatic N) is 3. The molecule has 2 aromatic heterocycles. The molecule has 8 nitrogen and oxygen atoms in total. The van der Waals surface area contributed by atoms with Crippen molar-refractivity contribution in [3.63, 3.8) is 0 Å². The van der Waals surface area contributed by atoms with Crippen LogP contribution in [0.25, 0.3) is 11.4 Å². The van der Waals surface area contributed by atoms with Gasteiger partial charge in [-0.1, -0.05) is 31.0 Å². The lowest BCUT2D eigenvalue weighted by Crippen LogP contribution is -2.45. The Bertz CT molecular complexity index is 714. The van der Waals surface area contributed by atoms with E-state index in [2.05, 4.69) is 30.8 Å². The Morgan fingerprint density at radius 2 is 1.96 bits per heavy atom. The second kappa shape index (κ2) is 8.61. The fourth-order valence-corrected chi connectivity index (χ4v) is 3.31. The summed E-state index contributed by atoms with van der Waals surface area (Å²) in [7, 11) is 0. The van der Waals surface area contributed by atoms with Gasteiger partial charge in [-0.3, -0.25) is 20.2 Å². The molecule has 1 aliphatic rings. The number of H-pyrrole nitrogens is 1. The fourth-order valence-electron chi connectivity index (χ4n) is 2.71. The third kappa shape index (κ3) is 5.28. The number of aromatic amines is 1. The molecule has 0 atom stereocenters. The molecule has 0 radical (unpaired) electrons. The summed E-state index contributed by atoms with van der Waals surface area (Å²) in [5.74, 6) is 0.319. The van der Waals surface area contributed by atoms with Gasteiger partial charge in [0.1, 0.15) is 0 Å². The molecule has 1 fully saturated rings.